The molecule has 1 unspecified atom stereocenters. The van der Waals surface area contributed by atoms with Crippen molar-refractivity contribution in [2.45, 2.75) is 32.8 Å². The smallest absolute Gasteiger partial charge is 0.265 e. The molecule has 0 N–H and O–H groups in total. The highest BCUT2D eigenvalue weighted by molar-refractivity contribution is 5.61. The van der Waals surface area contributed by atoms with Crippen molar-refractivity contribution in [1.29, 1.82) is 5.26 Å². The number of nitrogens with zero attached hydrogens (tertiary/aromatic N) is 3. The minimum absolute atomic E-state index is 0.0490. The Bertz CT molecular complexity index is 801. The molecule has 128 valence electrons. The zero-order valence-corrected chi connectivity index (χ0v) is 15.2. The van der Waals surface area contributed by atoms with Crippen LogP contribution in [0.5, 0.6) is 0 Å². The summed E-state index contributed by atoms with van der Waals surface area (Å²) in [4.78, 5) is 5.42. The number of allylic oxidation sites excluding steroid dienone is 3. The van der Waals surface area contributed by atoms with Crippen LogP contribution in [0.25, 0.3) is 10.9 Å². The normalized spacial score (nSPS) is 18.8. The molecule has 25 heavy (non-hydrogen) atoms. The standard InChI is InChI=1S/C21H23N3O/c1-6-17-12-16(8-10-21(17)24(4)5)7-9-19-13-18(11-15(2)25-19)20(14-22)23-3/h7-10,12-13,15H,6,11H2,1-2,4-5H3/b9-7+,20-18-. The highest BCUT2D eigenvalue weighted by atomic mass is 16.5. The van der Waals surface area contributed by atoms with Gasteiger partial charge in [0, 0.05) is 26.2 Å². The molecule has 4 heteroatoms. The van der Waals surface area contributed by atoms with Gasteiger partial charge < -0.3 is 9.64 Å². The zero-order chi connectivity index (χ0) is 18.4. The second-order valence-electron chi connectivity index (χ2n) is 6.25. The van der Waals surface area contributed by atoms with Gasteiger partial charge in [-0.3, -0.25) is 0 Å². The molecule has 1 aliphatic rings. The van der Waals surface area contributed by atoms with E-state index in [1.807, 2.05) is 39.2 Å². The Kier molecular flexibility index (Phi) is 6.03. The average Bonchev–Trinajstić information content (AvgIpc) is 2.60. The van der Waals surface area contributed by atoms with Crippen LogP contribution in [0.2, 0.25) is 0 Å². The summed E-state index contributed by atoms with van der Waals surface area (Å²) < 4.78 is 5.82. The lowest BCUT2D eigenvalue weighted by Gasteiger charge is -2.22. The molecule has 1 atom stereocenters. The lowest BCUT2D eigenvalue weighted by atomic mass is 10.0. The molecule has 4 nitrogen and oxygen atoms in total. The predicted octanol–water partition coefficient (Wildman–Crippen LogP) is 4.72. The fourth-order valence-electron chi connectivity index (χ4n) is 2.88. The molecular weight excluding hydrogens is 310 g/mol. The molecule has 1 aromatic carbocycles. The maximum Gasteiger partial charge on any atom is 0.265 e. The Morgan fingerprint density at radius 2 is 2.20 bits per heavy atom. The van der Waals surface area contributed by atoms with E-state index in [2.05, 4.69) is 34.9 Å². The van der Waals surface area contributed by atoms with Gasteiger partial charge in [0.15, 0.2) is 0 Å². The van der Waals surface area contributed by atoms with Crippen LogP contribution in [0.4, 0.5) is 5.69 Å². The van der Waals surface area contributed by atoms with Crippen LogP contribution in [0.15, 0.2) is 47.4 Å². The summed E-state index contributed by atoms with van der Waals surface area (Å²) in [5.74, 6) is 0.680. The zero-order valence-electron chi connectivity index (χ0n) is 15.2. The van der Waals surface area contributed by atoms with E-state index in [0.717, 1.165) is 17.6 Å². The topological polar surface area (TPSA) is 40.6 Å². The lowest BCUT2D eigenvalue weighted by molar-refractivity contribution is 0.133. The van der Waals surface area contributed by atoms with Crippen LogP contribution >= 0.6 is 0 Å². The SMILES string of the molecule is [C-]#[N+]/C(C#N)=C1C=C(/C=C/c2ccc(N(C)C)c(CC)c2)OC(C)C\1. The van der Waals surface area contributed by atoms with E-state index in [9.17, 15) is 0 Å². The van der Waals surface area contributed by atoms with Gasteiger partial charge in [-0.05, 0) is 54.3 Å². The Morgan fingerprint density at radius 3 is 2.80 bits per heavy atom. The maximum atomic E-state index is 9.07. The van der Waals surface area contributed by atoms with E-state index >= 15 is 0 Å². The van der Waals surface area contributed by atoms with Crippen molar-refractivity contribution in [3.05, 3.63) is 69.9 Å². The van der Waals surface area contributed by atoms with Crippen molar-refractivity contribution in [3.8, 4) is 6.07 Å². The number of aryl methyl sites for hydroxylation is 1. The summed E-state index contributed by atoms with van der Waals surface area (Å²) in [5.41, 5.74) is 4.50. The summed E-state index contributed by atoms with van der Waals surface area (Å²) in [7, 11) is 4.09. The van der Waals surface area contributed by atoms with E-state index in [4.69, 9.17) is 16.6 Å². The Morgan fingerprint density at radius 1 is 1.44 bits per heavy atom. The molecule has 1 aromatic rings. The molecule has 1 aliphatic heterocycles. The molecule has 0 aromatic heterocycles. The first-order chi connectivity index (χ1) is 12.0. The monoisotopic (exact) mass is 333 g/mol. The number of hydrogen-bond donors (Lipinski definition) is 0. The molecule has 2 rings (SSSR count). The third kappa shape index (κ3) is 4.52. The van der Waals surface area contributed by atoms with Gasteiger partial charge in [-0.15, -0.1) is 0 Å². The third-order valence-electron chi connectivity index (χ3n) is 4.09. The van der Waals surface area contributed by atoms with Crippen LogP contribution in [-0.4, -0.2) is 20.2 Å². The van der Waals surface area contributed by atoms with Crippen molar-refractivity contribution in [2.75, 3.05) is 19.0 Å². The number of ether oxygens (including phenoxy) is 1. The molecule has 0 bridgehead atoms. The summed E-state index contributed by atoms with van der Waals surface area (Å²) >= 11 is 0. The second kappa shape index (κ2) is 8.22. The molecule has 0 spiro atoms. The lowest BCUT2D eigenvalue weighted by Crippen LogP contribution is -2.13. The minimum atomic E-state index is -0.0490. The molecule has 0 saturated heterocycles. The van der Waals surface area contributed by atoms with E-state index < -0.39 is 0 Å². The van der Waals surface area contributed by atoms with Crippen molar-refractivity contribution in [3.63, 3.8) is 0 Å². The Labute approximate surface area is 150 Å². The molecular formula is C21H23N3O. The molecule has 0 aliphatic carbocycles. The number of rotatable bonds is 4. The van der Waals surface area contributed by atoms with Crippen LogP contribution in [0.3, 0.4) is 0 Å². The highest BCUT2D eigenvalue weighted by Gasteiger charge is 2.17. The number of benzene rings is 1. The van der Waals surface area contributed by atoms with Gasteiger partial charge in [0.2, 0.25) is 0 Å². The average molecular weight is 333 g/mol. The van der Waals surface area contributed by atoms with Crippen LogP contribution in [0, 0.1) is 17.9 Å². The van der Waals surface area contributed by atoms with Gasteiger partial charge in [0.25, 0.3) is 5.70 Å². The van der Waals surface area contributed by atoms with Gasteiger partial charge in [0.1, 0.15) is 5.76 Å². The van der Waals surface area contributed by atoms with Crippen molar-refractivity contribution >= 4 is 11.8 Å². The number of nitriles is 1. The van der Waals surface area contributed by atoms with E-state index in [1.54, 1.807) is 6.08 Å². The third-order valence-corrected chi connectivity index (χ3v) is 4.09. The molecule has 0 amide bonds. The first-order valence-electron chi connectivity index (χ1n) is 8.35. The van der Waals surface area contributed by atoms with Gasteiger partial charge in [-0.2, -0.15) is 0 Å². The quantitative estimate of drug-likeness (QED) is 0.591. The van der Waals surface area contributed by atoms with Gasteiger partial charge in [-0.25, -0.2) is 10.1 Å². The number of hydrogen-bond acceptors (Lipinski definition) is 3. The van der Waals surface area contributed by atoms with Crippen LogP contribution in [-0.2, 0) is 11.2 Å². The van der Waals surface area contributed by atoms with Gasteiger partial charge in [-0.1, -0.05) is 19.1 Å². The highest BCUT2D eigenvalue weighted by Crippen LogP contribution is 2.26. The summed E-state index contributed by atoms with van der Waals surface area (Å²) in [6, 6.07) is 8.34. The largest absolute Gasteiger partial charge is 0.490 e. The minimum Gasteiger partial charge on any atom is -0.490 e. The van der Waals surface area contributed by atoms with E-state index in [-0.39, 0.29) is 11.8 Å². The van der Waals surface area contributed by atoms with Crippen LogP contribution < -0.4 is 4.90 Å². The molecule has 0 radical (unpaired) electrons. The van der Waals surface area contributed by atoms with Crippen LogP contribution in [0.1, 0.15) is 31.4 Å². The van der Waals surface area contributed by atoms with Crippen molar-refractivity contribution in [1.82, 2.24) is 0 Å². The molecule has 1 heterocycles. The Balaban J connectivity index is 2.31. The molecule has 0 saturated carbocycles. The van der Waals surface area contributed by atoms with Crippen molar-refractivity contribution < 1.29 is 4.74 Å². The summed E-state index contributed by atoms with van der Waals surface area (Å²) in [6.45, 7) is 11.2. The first kappa shape index (κ1) is 18.4. The summed E-state index contributed by atoms with van der Waals surface area (Å²) in [5, 5.41) is 9.07. The van der Waals surface area contributed by atoms with Crippen molar-refractivity contribution in [2.24, 2.45) is 0 Å². The predicted molar refractivity (Wildman–Crippen MR) is 102 cm³/mol. The fraction of sp³-hybridized carbons (Fsp3) is 0.333. The first-order valence-corrected chi connectivity index (χ1v) is 8.35. The molecule has 0 fully saturated rings. The maximum absolute atomic E-state index is 9.07. The Hall–Kier alpha value is -2.98. The van der Waals surface area contributed by atoms with E-state index in [0.29, 0.717) is 12.2 Å². The van der Waals surface area contributed by atoms with Gasteiger partial charge >= 0.3 is 0 Å². The second-order valence-corrected chi connectivity index (χ2v) is 6.25. The van der Waals surface area contributed by atoms with E-state index in [1.165, 1.54) is 11.3 Å². The summed E-state index contributed by atoms with van der Waals surface area (Å²) in [6.07, 6.45) is 7.20. The van der Waals surface area contributed by atoms with Gasteiger partial charge in [0.05, 0.1) is 18.7 Å². The fourth-order valence-corrected chi connectivity index (χ4v) is 2.88. The number of anilines is 1.